The van der Waals surface area contributed by atoms with Crippen molar-refractivity contribution >= 4 is 12.6 Å². The zero-order chi connectivity index (χ0) is 6.74. The molecule has 52 valence electrons. The Morgan fingerprint density at radius 3 is 2.67 bits per heavy atom. The second kappa shape index (κ2) is 2.76. The lowest BCUT2D eigenvalue weighted by Gasteiger charge is -2.28. The van der Waals surface area contributed by atoms with Crippen LogP contribution in [-0.4, -0.2) is 11.3 Å². The average Bonchev–Trinajstić information content (AvgIpc) is 1.90. The first-order valence-electron chi connectivity index (χ1n) is 3.32. The zero-order valence-corrected chi connectivity index (χ0v) is 6.40. The maximum atomic E-state index is 5.93. The summed E-state index contributed by atoms with van der Waals surface area (Å²) in [7, 11) is 0. The van der Waals surface area contributed by atoms with Crippen molar-refractivity contribution in [1.29, 1.82) is 0 Å². The second-order valence-electron chi connectivity index (χ2n) is 2.73. The molecule has 0 saturated heterocycles. The summed E-state index contributed by atoms with van der Waals surface area (Å²) in [5, 5.41) is 0. The van der Waals surface area contributed by atoms with Crippen LogP contribution in [0.3, 0.4) is 0 Å². The molecular formula is C7H13NS. The highest BCUT2D eigenvalue weighted by atomic mass is 32.1. The summed E-state index contributed by atoms with van der Waals surface area (Å²) in [6.45, 7) is 0. The quantitative estimate of drug-likeness (QED) is 0.420. The molecule has 0 amide bonds. The SMILES string of the molecule is NC1(CS)CC=CCC1. The fraction of sp³-hybridized carbons (Fsp3) is 0.714. The maximum absolute atomic E-state index is 5.93. The van der Waals surface area contributed by atoms with Crippen molar-refractivity contribution in [2.24, 2.45) is 5.73 Å². The van der Waals surface area contributed by atoms with Crippen molar-refractivity contribution < 1.29 is 0 Å². The Kier molecular flexibility index (Phi) is 2.19. The van der Waals surface area contributed by atoms with Crippen LogP contribution in [0.25, 0.3) is 0 Å². The normalized spacial score (nSPS) is 34.9. The molecule has 0 bridgehead atoms. The molecule has 9 heavy (non-hydrogen) atoms. The van der Waals surface area contributed by atoms with E-state index in [9.17, 15) is 0 Å². The van der Waals surface area contributed by atoms with E-state index >= 15 is 0 Å². The molecule has 1 aliphatic rings. The molecule has 0 radical (unpaired) electrons. The molecule has 1 aliphatic carbocycles. The van der Waals surface area contributed by atoms with E-state index in [1.165, 1.54) is 0 Å². The summed E-state index contributed by atoms with van der Waals surface area (Å²) >= 11 is 4.19. The second-order valence-corrected chi connectivity index (χ2v) is 3.05. The van der Waals surface area contributed by atoms with Crippen LogP contribution < -0.4 is 5.73 Å². The van der Waals surface area contributed by atoms with E-state index in [0.717, 1.165) is 25.0 Å². The van der Waals surface area contributed by atoms with Gasteiger partial charge < -0.3 is 5.73 Å². The summed E-state index contributed by atoms with van der Waals surface area (Å²) in [5.74, 6) is 0.803. The van der Waals surface area contributed by atoms with Crippen molar-refractivity contribution in [2.75, 3.05) is 5.75 Å². The lowest BCUT2D eigenvalue weighted by atomic mass is 9.89. The predicted octanol–water partition coefficient (Wildman–Crippen LogP) is 1.35. The van der Waals surface area contributed by atoms with Gasteiger partial charge in [0.2, 0.25) is 0 Å². The summed E-state index contributed by atoms with van der Waals surface area (Å²) in [5.41, 5.74) is 5.93. The van der Waals surface area contributed by atoms with Gasteiger partial charge in [0.1, 0.15) is 0 Å². The Balaban J connectivity index is 2.50. The number of hydrogen-bond acceptors (Lipinski definition) is 2. The Hall–Kier alpha value is 0.0500. The van der Waals surface area contributed by atoms with Crippen LogP contribution in [0.2, 0.25) is 0 Å². The first kappa shape index (κ1) is 7.16. The molecular weight excluding hydrogens is 130 g/mol. The molecule has 2 N–H and O–H groups in total. The molecule has 0 aliphatic heterocycles. The standard InChI is InChI=1S/C7H13NS/c8-7(6-9)4-2-1-3-5-7/h1-2,9H,3-6,8H2. The third-order valence-corrected chi connectivity index (χ3v) is 2.44. The smallest absolute Gasteiger partial charge is 0.0281 e. The van der Waals surface area contributed by atoms with E-state index in [1.54, 1.807) is 0 Å². The summed E-state index contributed by atoms with van der Waals surface area (Å²) in [6, 6.07) is 0. The van der Waals surface area contributed by atoms with Gasteiger partial charge in [0, 0.05) is 11.3 Å². The summed E-state index contributed by atoms with van der Waals surface area (Å²) in [6.07, 6.45) is 7.55. The Morgan fingerprint density at radius 1 is 1.56 bits per heavy atom. The third-order valence-electron chi connectivity index (χ3n) is 1.81. The van der Waals surface area contributed by atoms with Crippen molar-refractivity contribution in [3.05, 3.63) is 12.2 Å². The van der Waals surface area contributed by atoms with E-state index in [4.69, 9.17) is 5.73 Å². The van der Waals surface area contributed by atoms with Crippen LogP contribution in [0.15, 0.2) is 12.2 Å². The number of allylic oxidation sites excluding steroid dienone is 1. The minimum Gasteiger partial charge on any atom is -0.324 e. The molecule has 1 rings (SSSR count). The number of hydrogen-bond donors (Lipinski definition) is 2. The minimum absolute atomic E-state index is 0.00212. The van der Waals surface area contributed by atoms with Crippen molar-refractivity contribution in [2.45, 2.75) is 24.8 Å². The molecule has 1 unspecified atom stereocenters. The fourth-order valence-corrected chi connectivity index (χ4v) is 1.34. The van der Waals surface area contributed by atoms with Crippen molar-refractivity contribution in [3.8, 4) is 0 Å². The van der Waals surface area contributed by atoms with E-state index in [0.29, 0.717) is 0 Å². The van der Waals surface area contributed by atoms with Gasteiger partial charge >= 0.3 is 0 Å². The summed E-state index contributed by atoms with van der Waals surface area (Å²) < 4.78 is 0. The van der Waals surface area contributed by atoms with Gasteiger partial charge in [-0.05, 0) is 19.3 Å². The van der Waals surface area contributed by atoms with Crippen LogP contribution in [0, 0.1) is 0 Å². The van der Waals surface area contributed by atoms with E-state index in [-0.39, 0.29) is 5.54 Å². The molecule has 1 nitrogen and oxygen atoms in total. The lowest BCUT2D eigenvalue weighted by Crippen LogP contribution is -2.42. The van der Waals surface area contributed by atoms with Gasteiger partial charge in [-0.3, -0.25) is 0 Å². The van der Waals surface area contributed by atoms with Crippen molar-refractivity contribution in [1.82, 2.24) is 0 Å². The molecule has 0 spiro atoms. The van der Waals surface area contributed by atoms with Gasteiger partial charge in [-0.15, -0.1) is 0 Å². The van der Waals surface area contributed by atoms with Gasteiger partial charge in [0.25, 0.3) is 0 Å². The number of nitrogens with two attached hydrogens (primary N) is 1. The maximum Gasteiger partial charge on any atom is 0.0281 e. The van der Waals surface area contributed by atoms with Crippen LogP contribution in [0.5, 0.6) is 0 Å². The topological polar surface area (TPSA) is 26.0 Å². The lowest BCUT2D eigenvalue weighted by molar-refractivity contribution is 0.436. The minimum atomic E-state index is -0.00212. The first-order valence-corrected chi connectivity index (χ1v) is 3.95. The van der Waals surface area contributed by atoms with E-state index < -0.39 is 0 Å². The van der Waals surface area contributed by atoms with Gasteiger partial charge in [-0.2, -0.15) is 12.6 Å². The highest BCUT2D eigenvalue weighted by Crippen LogP contribution is 2.21. The molecule has 1 atom stereocenters. The first-order chi connectivity index (χ1) is 4.27. The Bertz CT molecular complexity index is 122. The Labute approximate surface area is 61.7 Å². The van der Waals surface area contributed by atoms with Crippen molar-refractivity contribution in [3.63, 3.8) is 0 Å². The monoisotopic (exact) mass is 143 g/mol. The molecule has 0 aromatic heterocycles. The molecule has 0 heterocycles. The van der Waals surface area contributed by atoms with Gasteiger partial charge in [-0.25, -0.2) is 0 Å². The van der Waals surface area contributed by atoms with Gasteiger partial charge in [-0.1, -0.05) is 12.2 Å². The highest BCUT2D eigenvalue weighted by molar-refractivity contribution is 7.80. The zero-order valence-electron chi connectivity index (χ0n) is 5.51. The molecule has 0 aromatic carbocycles. The van der Waals surface area contributed by atoms with E-state index in [1.807, 2.05) is 0 Å². The fourth-order valence-electron chi connectivity index (χ4n) is 1.05. The van der Waals surface area contributed by atoms with Crippen LogP contribution in [0.1, 0.15) is 19.3 Å². The molecule has 0 fully saturated rings. The van der Waals surface area contributed by atoms with Crippen LogP contribution in [-0.2, 0) is 0 Å². The average molecular weight is 143 g/mol. The van der Waals surface area contributed by atoms with Gasteiger partial charge in [0.15, 0.2) is 0 Å². The van der Waals surface area contributed by atoms with Gasteiger partial charge in [0.05, 0.1) is 0 Å². The predicted molar refractivity (Wildman–Crippen MR) is 43.8 cm³/mol. The third kappa shape index (κ3) is 1.73. The number of thiol groups is 1. The summed E-state index contributed by atoms with van der Waals surface area (Å²) in [4.78, 5) is 0. The largest absolute Gasteiger partial charge is 0.324 e. The molecule has 0 saturated carbocycles. The van der Waals surface area contributed by atoms with E-state index in [2.05, 4.69) is 24.8 Å². The highest BCUT2D eigenvalue weighted by Gasteiger charge is 2.22. The number of rotatable bonds is 1. The Morgan fingerprint density at radius 2 is 2.33 bits per heavy atom. The molecule has 2 heteroatoms. The van der Waals surface area contributed by atoms with Crippen LogP contribution >= 0.6 is 12.6 Å². The molecule has 0 aromatic rings. The van der Waals surface area contributed by atoms with Crippen LogP contribution in [0.4, 0.5) is 0 Å².